The minimum absolute atomic E-state index is 0.0578. The average molecular weight is 373 g/mol. The highest BCUT2D eigenvalue weighted by atomic mass is 127. The standard InChI is InChI=1S/C15H20INO2/c1-2-19-15(18)14-13(10-16)8-9-17(14)11-12-6-4-3-5-7-12/h3-7,13-14H,2,8-11H2,1H3/t13-,14-/m0/s1. The van der Waals surface area contributed by atoms with Crippen LogP contribution < -0.4 is 0 Å². The lowest BCUT2D eigenvalue weighted by molar-refractivity contribution is -0.149. The average Bonchev–Trinajstić information content (AvgIpc) is 2.83. The van der Waals surface area contributed by atoms with Crippen molar-refractivity contribution in [3.05, 3.63) is 35.9 Å². The maximum absolute atomic E-state index is 12.1. The molecule has 0 bridgehead atoms. The molecule has 0 spiro atoms. The molecule has 0 saturated carbocycles. The van der Waals surface area contributed by atoms with Crippen molar-refractivity contribution < 1.29 is 9.53 Å². The van der Waals surface area contributed by atoms with E-state index in [4.69, 9.17) is 4.74 Å². The molecule has 1 aromatic rings. The third-order valence-electron chi connectivity index (χ3n) is 3.58. The molecule has 0 amide bonds. The smallest absolute Gasteiger partial charge is 0.323 e. The van der Waals surface area contributed by atoms with Crippen LogP contribution in [0.1, 0.15) is 18.9 Å². The molecule has 1 saturated heterocycles. The molecular weight excluding hydrogens is 353 g/mol. The number of carbonyl (C=O) groups excluding carboxylic acids is 1. The van der Waals surface area contributed by atoms with Crippen LogP contribution in [-0.2, 0) is 16.1 Å². The number of nitrogens with zero attached hydrogens (tertiary/aromatic N) is 1. The summed E-state index contributed by atoms with van der Waals surface area (Å²) < 4.78 is 6.25. The molecule has 4 heteroatoms. The van der Waals surface area contributed by atoms with Crippen LogP contribution in [0.3, 0.4) is 0 Å². The Labute approximate surface area is 128 Å². The fourth-order valence-electron chi connectivity index (χ4n) is 2.65. The summed E-state index contributed by atoms with van der Waals surface area (Å²) in [6.45, 7) is 4.14. The van der Waals surface area contributed by atoms with Crippen molar-refractivity contribution in [1.29, 1.82) is 0 Å². The van der Waals surface area contributed by atoms with Gasteiger partial charge in [0.15, 0.2) is 0 Å². The Hall–Kier alpha value is -0.620. The van der Waals surface area contributed by atoms with Gasteiger partial charge in [-0.1, -0.05) is 52.9 Å². The van der Waals surface area contributed by atoms with E-state index in [9.17, 15) is 4.79 Å². The molecule has 0 aromatic heterocycles. The molecule has 0 radical (unpaired) electrons. The van der Waals surface area contributed by atoms with Gasteiger partial charge in [-0.15, -0.1) is 0 Å². The van der Waals surface area contributed by atoms with Crippen LogP contribution in [0.15, 0.2) is 30.3 Å². The highest BCUT2D eigenvalue weighted by molar-refractivity contribution is 14.1. The van der Waals surface area contributed by atoms with Crippen LogP contribution in [-0.4, -0.2) is 34.5 Å². The Morgan fingerprint density at radius 3 is 2.79 bits per heavy atom. The van der Waals surface area contributed by atoms with Gasteiger partial charge in [0.2, 0.25) is 0 Å². The van der Waals surface area contributed by atoms with Gasteiger partial charge < -0.3 is 4.74 Å². The van der Waals surface area contributed by atoms with Crippen LogP contribution in [0.2, 0.25) is 0 Å². The van der Waals surface area contributed by atoms with Gasteiger partial charge in [0.1, 0.15) is 6.04 Å². The number of ether oxygens (including phenoxy) is 1. The lowest BCUT2D eigenvalue weighted by atomic mass is 10.0. The lowest BCUT2D eigenvalue weighted by Crippen LogP contribution is -2.41. The molecule has 19 heavy (non-hydrogen) atoms. The summed E-state index contributed by atoms with van der Waals surface area (Å²) in [5, 5.41) is 0. The molecule has 1 aromatic carbocycles. The van der Waals surface area contributed by atoms with Gasteiger partial charge in [-0.05, 0) is 31.4 Å². The summed E-state index contributed by atoms with van der Waals surface area (Å²) in [4.78, 5) is 14.4. The van der Waals surface area contributed by atoms with E-state index in [2.05, 4.69) is 39.6 Å². The first-order valence-electron chi connectivity index (χ1n) is 6.76. The molecule has 0 N–H and O–H groups in total. The third kappa shape index (κ3) is 3.69. The van der Waals surface area contributed by atoms with Crippen molar-refractivity contribution in [3.8, 4) is 0 Å². The Bertz CT molecular complexity index is 410. The Morgan fingerprint density at radius 2 is 2.16 bits per heavy atom. The highest BCUT2D eigenvalue weighted by Crippen LogP contribution is 2.28. The van der Waals surface area contributed by atoms with Crippen LogP contribution in [0, 0.1) is 5.92 Å². The summed E-state index contributed by atoms with van der Waals surface area (Å²) >= 11 is 2.37. The van der Waals surface area contributed by atoms with Crippen LogP contribution in [0.4, 0.5) is 0 Å². The number of alkyl halides is 1. The molecule has 1 aliphatic rings. The number of halogens is 1. The summed E-state index contributed by atoms with van der Waals surface area (Å²) in [7, 11) is 0. The summed E-state index contributed by atoms with van der Waals surface area (Å²) in [5.41, 5.74) is 1.26. The Morgan fingerprint density at radius 1 is 1.42 bits per heavy atom. The molecule has 2 rings (SSSR count). The van der Waals surface area contributed by atoms with Gasteiger partial charge in [-0.2, -0.15) is 0 Å². The van der Waals surface area contributed by atoms with Gasteiger partial charge in [0, 0.05) is 11.0 Å². The summed E-state index contributed by atoms with van der Waals surface area (Å²) in [6.07, 6.45) is 1.08. The topological polar surface area (TPSA) is 29.5 Å². The number of esters is 1. The first kappa shape index (κ1) is 14.8. The van der Waals surface area contributed by atoms with Crippen molar-refractivity contribution in [3.63, 3.8) is 0 Å². The zero-order valence-corrected chi connectivity index (χ0v) is 13.4. The van der Waals surface area contributed by atoms with E-state index in [1.165, 1.54) is 5.56 Å². The summed E-state index contributed by atoms with van der Waals surface area (Å²) in [6, 6.07) is 10.3. The van der Waals surface area contributed by atoms with E-state index in [0.29, 0.717) is 12.5 Å². The molecule has 2 atom stereocenters. The van der Waals surface area contributed by atoms with Gasteiger partial charge in [-0.3, -0.25) is 9.69 Å². The second-order valence-electron chi connectivity index (χ2n) is 4.86. The highest BCUT2D eigenvalue weighted by Gasteiger charge is 2.39. The van der Waals surface area contributed by atoms with Gasteiger partial charge >= 0.3 is 5.97 Å². The van der Waals surface area contributed by atoms with Crippen LogP contribution >= 0.6 is 22.6 Å². The van der Waals surface area contributed by atoms with Crippen molar-refractivity contribution >= 4 is 28.6 Å². The number of hydrogen-bond acceptors (Lipinski definition) is 3. The minimum Gasteiger partial charge on any atom is -0.465 e. The first-order chi connectivity index (χ1) is 9.26. The number of carbonyl (C=O) groups is 1. The molecule has 0 unspecified atom stereocenters. The largest absolute Gasteiger partial charge is 0.465 e. The van der Waals surface area contributed by atoms with E-state index < -0.39 is 0 Å². The summed E-state index contributed by atoms with van der Waals surface area (Å²) in [5.74, 6) is 0.362. The molecule has 0 aliphatic carbocycles. The zero-order valence-electron chi connectivity index (χ0n) is 11.2. The number of hydrogen-bond donors (Lipinski definition) is 0. The van der Waals surface area contributed by atoms with Gasteiger partial charge in [-0.25, -0.2) is 0 Å². The Kier molecular flexibility index (Phi) is 5.63. The number of likely N-dealkylation sites (tertiary alicyclic amines) is 1. The molecular formula is C15H20INO2. The number of rotatable bonds is 5. The van der Waals surface area contributed by atoms with Crippen LogP contribution in [0.25, 0.3) is 0 Å². The second kappa shape index (κ2) is 7.24. The zero-order chi connectivity index (χ0) is 13.7. The van der Waals surface area contributed by atoms with E-state index in [1.54, 1.807) is 0 Å². The van der Waals surface area contributed by atoms with E-state index in [-0.39, 0.29) is 12.0 Å². The molecule has 104 valence electrons. The second-order valence-corrected chi connectivity index (χ2v) is 5.74. The lowest BCUT2D eigenvalue weighted by Gasteiger charge is -2.25. The van der Waals surface area contributed by atoms with E-state index in [0.717, 1.165) is 23.9 Å². The normalized spacial score (nSPS) is 23.5. The fourth-order valence-corrected chi connectivity index (χ4v) is 3.57. The van der Waals surface area contributed by atoms with Gasteiger partial charge in [0.05, 0.1) is 6.61 Å². The molecule has 1 heterocycles. The van der Waals surface area contributed by atoms with Crippen molar-refractivity contribution in [1.82, 2.24) is 4.90 Å². The molecule has 3 nitrogen and oxygen atoms in total. The maximum Gasteiger partial charge on any atom is 0.323 e. The predicted octanol–water partition coefficient (Wildman–Crippen LogP) is 2.88. The van der Waals surface area contributed by atoms with Crippen molar-refractivity contribution in [2.45, 2.75) is 25.9 Å². The molecule has 1 aliphatic heterocycles. The van der Waals surface area contributed by atoms with Crippen molar-refractivity contribution in [2.24, 2.45) is 5.92 Å². The monoisotopic (exact) mass is 373 g/mol. The fraction of sp³-hybridized carbons (Fsp3) is 0.533. The third-order valence-corrected chi connectivity index (χ3v) is 4.71. The van der Waals surface area contributed by atoms with E-state index >= 15 is 0 Å². The SMILES string of the molecule is CCOC(=O)[C@@H]1[C@H](CI)CCN1Cc1ccccc1. The first-order valence-corrected chi connectivity index (χ1v) is 8.29. The van der Waals surface area contributed by atoms with E-state index in [1.807, 2.05) is 25.1 Å². The minimum atomic E-state index is -0.0722. The maximum atomic E-state index is 12.1. The van der Waals surface area contributed by atoms with Gasteiger partial charge in [0.25, 0.3) is 0 Å². The quantitative estimate of drug-likeness (QED) is 0.452. The number of benzene rings is 1. The predicted molar refractivity (Wildman–Crippen MR) is 84.3 cm³/mol. The molecule has 1 fully saturated rings. The Balaban J connectivity index is 2.08. The van der Waals surface area contributed by atoms with Crippen LogP contribution in [0.5, 0.6) is 0 Å². The van der Waals surface area contributed by atoms with Crippen molar-refractivity contribution in [2.75, 3.05) is 17.6 Å².